The fraction of sp³-hybridized carbons (Fsp3) is 0.200. The molecule has 0 saturated carbocycles. The molecule has 24 heavy (non-hydrogen) atoms. The molecule has 3 rings (SSSR count). The van der Waals surface area contributed by atoms with Crippen LogP contribution in [-0.2, 0) is 20.1 Å². The molecule has 1 aromatic heterocycles. The van der Waals surface area contributed by atoms with E-state index in [4.69, 9.17) is 0 Å². The normalized spacial score (nSPS) is 10.1. The van der Waals surface area contributed by atoms with Crippen LogP contribution < -0.4 is 0 Å². The van der Waals surface area contributed by atoms with Crippen molar-refractivity contribution >= 4 is 0 Å². The van der Waals surface area contributed by atoms with Gasteiger partial charge in [-0.05, 0) is 38.8 Å². The first-order valence-corrected chi connectivity index (χ1v) is 7.57. The van der Waals surface area contributed by atoms with Crippen molar-refractivity contribution in [3.05, 3.63) is 70.5 Å². The maximum Gasteiger partial charge on any atom is 0.151 e. The van der Waals surface area contributed by atoms with E-state index in [9.17, 15) is 5.26 Å². The van der Waals surface area contributed by atoms with Crippen molar-refractivity contribution in [1.82, 2.24) is 9.55 Å². The summed E-state index contributed by atoms with van der Waals surface area (Å²) >= 11 is 0. The molecule has 0 fully saturated rings. The molecule has 0 unspecified atom stereocenters. The van der Waals surface area contributed by atoms with E-state index in [1.165, 1.54) is 16.7 Å². The van der Waals surface area contributed by atoms with Gasteiger partial charge < -0.3 is 4.57 Å². The van der Waals surface area contributed by atoms with E-state index in [0.717, 1.165) is 22.8 Å². The van der Waals surface area contributed by atoms with Crippen LogP contribution in [0.2, 0.25) is 0 Å². The number of nitriles is 1. The van der Waals surface area contributed by atoms with Crippen LogP contribution in [0.1, 0.15) is 28.1 Å². The third kappa shape index (κ3) is 3.06. The first kappa shape index (κ1) is 18.1. The number of benzene rings is 2. The van der Waals surface area contributed by atoms with Gasteiger partial charge in [0.1, 0.15) is 6.07 Å². The molecule has 3 aromatic rings. The summed E-state index contributed by atoms with van der Waals surface area (Å²) in [4.78, 5) is 4.55. The van der Waals surface area contributed by atoms with Crippen LogP contribution in [0.3, 0.4) is 0 Å². The van der Waals surface area contributed by atoms with Crippen molar-refractivity contribution in [2.45, 2.75) is 27.7 Å². The number of imidazole rings is 1. The van der Waals surface area contributed by atoms with Gasteiger partial charge in [0.25, 0.3) is 0 Å². The minimum absolute atomic E-state index is 0. The van der Waals surface area contributed by atoms with Gasteiger partial charge in [-0.25, -0.2) is 0 Å². The molecule has 0 aliphatic heterocycles. The Morgan fingerprint density at radius 1 is 1.08 bits per heavy atom. The molecule has 4 heteroatoms. The summed E-state index contributed by atoms with van der Waals surface area (Å²) in [6.07, 6.45) is 0. The van der Waals surface area contributed by atoms with Crippen LogP contribution in [0.5, 0.6) is 0 Å². The smallest absolute Gasteiger partial charge is 0.151 e. The number of aromatic nitrogens is 2. The summed E-state index contributed by atoms with van der Waals surface area (Å²) < 4.78 is 2.08. The van der Waals surface area contributed by atoms with Crippen LogP contribution in [0, 0.1) is 45.1 Å². The Labute approximate surface area is 156 Å². The topological polar surface area (TPSA) is 41.6 Å². The van der Waals surface area contributed by atoms with Crippen molar-refractivity contribution in [2.75, 3.05) is 0 Å². The predicted molar refractivity (Wildman–Crippen MR) is 91.5 cm³/mol. The summed E-state index contributed by atoms with van der Waals surface area (Å²) in [5.74, 6) is 0.759. The van der Waals surface area contributed by atoms with Crippen molar-refractivity contribution in [1.29, 1.82) is 5.26 Å². The van der Waals surface area contributed by atoms with E-state index in [2.05, 4.69) is 54.6 Å². The van der Waals surface area contributed by atoms with Crippen LogP contribution >= 0.6 is 0 Å². The summed E-state index contributed by atoms with van der Waals surface area (Å²) in [6.45, 7) is 8.23. The van der Waals surface area contributed by atoms with Crippen LogP contribution in [0.4, 0.5) is 0 Å². The molecular formula is C20H18IrN3-. The molecule has 0 bridgehead atoms. The van der Waals surface area contributed by atoms with Crippen molar-refractivity contribution < 1.29 is 20.1 Å². The van der Waals surface area contributed by atoms with Gasteiger partial charge in [0.15, 0.2) is 5.69 Å². The Kier molecular flexibility index (Phi) is 5.39. The van der Waals surface area contributed by atoms with E-state index < -0.39 is 0 Å². The molecule has 0 N–H and O–H groups in total. The molecule has 0 saturated heterocycles. The van der Waals surface area contributed by atoms with Gasteiger partial charge in [0.2, 0.25) is 0 Å². The summed E-state index contributed by atoms with van der Waals surface area (Å²) in [5.41, 5.74) is 6.86. The Morgan fingerprint density at radius 3 is 2.29 bits per heavy atom. The molecule has 3 nitrogen and oxygen atoms in total. The number of hydrogen-bond acceptors (Lipinski definition) is 2. The maximum atomic E-state index is 9.40. The average Bonchev–Trinajstić information content (AvgIpc) is 2.84. The van der Waals surface area contributed by atoms with Gasteiger partial charge in [-0.2, -0.15) is 5.26 Å². The van der Waals surface area contributed by atoms with Crippen LogP contribution in [0.15, 0.2) is 36.4 Å². The SMILES string of the molecule is Cc1cc(C)c(-n2c(-c3[c-]cccc3)nc(C#N)c2C)c(C)c1.[Ir]. The van der Waals surface area contributed by atoms with Gasteiger partial charge in [0, 0.05) is 31.5 Å². The average molecular weight is 493 g/mol. The number of aryl methyl sites for hydroxylation is 3. The molecule has 0 spiro atoms. The predicted octanol–water partition coefficient (Wildman–Crippen LogP) is 4.44. The molecule has 1 heterocycles. The Bertz CT molecular complexity index is 895. The zero-order valence-electron chi connectivity index (χ0n) is 14.1. The first-order chi connectivity index (χ1) is 11.0. The van der Waals surface area contributed by atoms with Gasteiger partial charge in [-0.3, -0.25) is 4.98 Å². The fourth-order valence-electron chi connectivity index (χ4n) is 3.12. The summed E-state index contributed by atoms with van der Waals surface area (Å²) in [7, 11) is 0. The quantitative estimate of drug-likeness (QED) is 0.497. The number of hydrogen-bond donors (Lipinski definition) is 0. The van der Waals surface area contributed by atoms with Gasteiger partial charge in [0.05, 0.1) is 5.82 Å². The fourth-order valence-corrected chi connectivity index (χ4v) is 3.12. The number of rotatable bonds is 2. The van der Waals surface area contributed by atoms with Gasteiger partial charge in [-0.15, -0.1) is 35.9 Å². The third-order valence-electron chi connectivity index (χ3n) is 4.02. The minimum Gasteiger partial charge on any atom is -0.336 e. The molecule has 0 amide bonds. The Balaban J connectivity index is 0.00000208. The standard InChI is InChI=1S/C20H18N3.Ir/c1-13-10-14(2)19(15(3)11-13)23-16(4)18(12-21)22-20(23)17-8-6-5-7-9-17;/h5-8,10-11H,1-4H3;/q-1;. The zero-order valence-corrected chi connectivity index (χ0v) is 16.5. The summed E-state index contributed by atoms with van der Waals surface area (Å²) in [6, 6.07) is 17.5. The molecule has 2 aromatic carbocycles. The monoisotopic (exact) mass is 493 g/mol. The minimum atomic E-state index is 0. The second-order valence-electron chi connectivity index (χ2n) is 5.84. The van der Waals surface area contributed by atoms with Crippen molar-refractivity contribution in [3.63, 3.8) is 0 Å². The van der Waals surface area contributed by atoms with E-state index in [1.54, 1.807) is 0 Å². The first-order valence-electron chi connectivity index (χ1n) is 7.57. The summed E-state index contributed by atoms with van der Waals surface area (Å²) in [5, 5.41) is 9.40. The van der Waals surface area contributed by atoms with Gasteiger partial charge >= 0.3 is 0 Å². The van der Waals surface area contributed by atoms with Crippen LogP contribution in [-0.4, -0.2) is 9.55 Å². The molecule has 0 atom stereocenters. The largest absolute Gasteiger partial charge is 0.336 e. The Hall–Kier alpha value is -2.21. The van der Waals surface area contributed by atoms with Crippen molar-refractivity contribution in [2.24, 2.45) is 0 Å². The molecule has 123 valence electrons. The number of nitrogens with zero attached hydrogens (tertiary/aromatic N) is 3. The molecular weight excluding hydrogens is 474 g/mol. The van der Waals surface area contributed by atoms with E-state index in [0.29, 0.717) is 5.69 Å². The third-order valence-corrected chi connectivity index (χ3v) is 4.02. The van der Waals surface area contributed by atoms with E-state index in [1.807, 2.05) is 31.2 Å². The van der Waals surface area contributed by atoms with E-state index >= 15 is 0 Å². The molecule has 0 aliphatic carbocycles. The maximum absolute atomic E-state index is 9.40. The zero-order chi connectivity index (χ0) is 16.6. The van der Waals surface area contributed by atoms with Gasteiger partial charge in [-0.1, -0.05) is 17.7 Å². The Morgan fingerprint density at radius 2 is 1.75 bits per heavy atom. The van der Waals surface area contributed by atoms with Crippen molar-refractivity contribution in [3.8, 4) is 23.1 Å². The second-order valence-corrected chi connectivity index (χ2v) is 5.84. The molecule has 1 radical (unpaired) electrons. The molecule has 0 aliphatic rings. The van der Waals surface area contributed by atoms with Crippen LogP contribution in [0.25, 0.3) is 17.1 Å². The second kappa shape index (κ2) is 7.13. The van der Waals surface area contributed by atoms with E-state index in [-0.39, 0.29) is 20.1 Å².